The van der Waals surface area contributed by atoms with Crippen molar-refractivity contribution in [3.8, 4) is 6.07 Å². The second kappa shape index (κ2) is 7.28. The quantitative estimate of drug-likeness (QED) is 0.634. The first-order valence-electron chi connectivity index (χ1n) is 6.27. The van der Waals surface area contributed by atoms with Crippen LogP contribution in [0.3, 0.4) is 0 Å². The first-order chi connectivity index (χ1) is 10.2. The Morgan fingerprint density at radius 1 is 1.24 bits per heavy atom. The fourth-order valence-electron chi connectivity index (χ4n) is 1.65. The minimum atomic E-state index is -0.431. The van der Waals surface area contributed by atoms with Gasteiger partial charge in [0.25, 0.3) is 0 Å². The molecule has 0 aliphatic heterocycles. The summed E-state index contributed by atoms with van der Waals surface area (Å²) in [6, 6.07) is 16.1. The van der Waals surface area contributed by atoms with Crippen LogP contribution in [0.5, 0.6) is 0 Å². The standard InChI is InChI=1S/C17H12ClNO2/c18-16-3-1-2-13(10-16)8-9-17(20)21-12-15-6-4-14(11-19)5-7-15/h1-10H,12H2. The maximum absolute atomic E-state index is 11.6. The van der Waals surface area contributed by atoms with Gasteiger partial charge in [0.1, 0.15) is 6.61 Å². The molecule has 0 saturated heterocycles. The molecule has 0 spiro atoms. The Hall–Kier alpha value is -2.57. The molecule has 0 atom stereocenters. The summed E-state index contributed by atoms with van der Waals surface area (Å²) in [4.78, 5) is 11.6. The average Bonchev–Trinajstić information content (AvgIpc) is 2.51. The number of halogens is 1. The highest BCUT2D eigenvalue weighted by molar-refractivity contribution is 6.30. The van der Waals surface area contributed by atoms with Crippen LogP contribution in [0.15, 0.2) is 54.6 Å². The molecule has 2 aromatic rings. The summed E-state index contributed by atoms with van der Waals surface area (Å²) in [5.74, 6) is -0.431. The summed E-state index contributed by atoms with van der Waals surface area (Å²) in [5, 5.41) is 9.30. The molecule has 0 aliphatic rings. The van der Waals surface area contributed by atoms with E-state index in [2.05, 4.69) is 0 Å². The van der Waals surface area contributed by atoms with E-state index in [9.17, 15) is 4.79 Å². The highest BCUT2D eigenvalue weighted by Gasteiger charge is 1.99. The molecule has 0 radical (unpaired) electrons. The maximum atomic E-state index is 11.6. The molecule has 104 valence electrons. The lowest BCUT2D eigenvalue weighted by atomic mass is 10.2. The molecule has 0 fully saturated rings. The molecular formula is C17H12ClNO2. The van der Waals surface area contributed by atoms with Crippen molar-refractivity contribution >= 4 is 23.6 Å². The SMILES string of the molecule is N#Cc1ccc(COC(=O)C=Cc2cccc(Cl)c2)cc1. The van der Waals surface area contributed by atoms with Crippen molar-refractivity contribution < 1.29 is 9.53 Å². The predicted molar refractivity (Wildman–Crippen MR) is 81.4 cm³/mol. The van der Waals surface area contributed by atoms with Crippen LogP contribution in [0.25, 0.3) is 6.08 Å². The van der Waals surface area contributed by atoms with E-state index in [-0.39, 0.29) is 6.61 Å². The fourth-order valence-corrected chi connectivity index (χ4v) is 1.85. The number of rotatable bonds is 4. The lowest BCUT2D eigenvalue weighted by molar-refractivity contribution is -0.138. The second-order valence-electron chi connectivity index (χ2n) is 4.30. The number of nitriles is 1. The van der Waals surface area contributed by atoms with E-state index in [4.69, 9.17) is 21.6 Å². The van der Waals surface area contributed by atoms with Gasteiger partial charge in [0.05, 0.1) is 11.6 Å². The lowest BCUT2D eigenvalue weighted by Gasteiger charge is -2.02. The van der Waals surface area contributed by atoms with Crippen molar-refractivity contribution in [2.24, 2.45) is 0 Å². The Bertz CT molecular complexity index is 699. The second-order valence-corrected chi connectivity index (χ2v) is 4.74. The van der Waals surface area contributed by atoms with Gasteiger partial charge in [0.2, 0.25) is 0 Å². The number of carbonyl (C=O) groups excluding carboxylic acids is 1. The third-order valence-electron chi connectivity index (χ3n) is 2.72. The molecule has 0 saturated carbocycles. The van der Waals surface area contributed by atoms with Gasteiger partial charge >= 0.3 is 5.97 Å². The van der Waals surface area contributed by atoms with E-state index in [1.165, 1.54) is 6.08 Å². The normalized spacial score (nSPS) is 10.3. The van der Waals surface area contributed by atoms with Crippen LogP contribution < -0.4 is 0 Å². The third kappa shape index (κ3) is 4.79. The average molecular weight is 298 g/mol. The van der Waals surface area contributed by atoms with Gasteiger partial charge in [-0.25, -0.2) is 4.79 Å². The molecule has 2 aromatic carbocycles. The molecule has 3 nitrogen and oxygen atoms in total. The molecule has 0 aliphatic carbocycles. The zero-order chi connectivity index (χ0) is 15.1. The van der Waals surface area contributed by atoms with Crippen LogP contribution in [0.2, 0.25) is 5.02 Å². The maximum Gasteiger partial charge on any atom is 0.331 e. The van der Waals surface area contributed by atoms with Crippen molar-refractivity contribution in [3.63, 3.8) is 0 Å². The molecule has 0 N–H and O–H groups in total. The Labute approximate surface area is 128 Å². The van der Waals surface area contributed by atoms with E-state index in [1.54, 1.807) is 42.5 Å². The number of hydrogen-bond acceptors (Lipinski definition) is 3. The van der Waals surface area contributed by atoms with Gasteiger partial charge in [-0.1, -0.05) is 35.9 Å². The number of hydrogen-bond donors (Lipinski definition) is 0. The summed E-state index contributed by atoms with van der Waals surface area (Å²) in [6.07, 6.45) is 3.00. The van der Waals surface area contributed by atoms with E-state index in [0.717, 1.165) is 11.1 Å². The molecule has 21 heavy (non-hydrogen) atoms. The number of nitrogens with zero attached hydrogens (tertiary/aromatic N) is 1. The van der Waals surface area contributed by atoms with Crippen molar-refractivity contribution in [3.05, 3.63) is 76.3 Å². The van der Waals surface area contributed by atoms with Crippen molar-refractivity contribution in [2.45, 2.75) is 6.61 Å². The largest absolute Gasteiger partial charge is 0.458 e. The van der Waals surface area contributed by atoms with Crippen molar-refractivity contribution in [2.75, 3.05) is 0 Å². The zero-order valence-electron chi connectivity index (χ0n) is 11.1. The first-order valence-corrected chi connectivity index (χ1v) is 6.64. The molecule has 0 aromatic heterocycles. The van der Waals surface area contributed by atoms with Gasteiger partial charge in [0, 0.05) is 11.1 Å². The summed E-state index contributed by atoms with van der Waals surface area (Å²) < 4.78 is 5.11. The fraction of sp³-hybridized carbons (Fsp3) is 0.0588. The number of esters is 1. The van der Waals surface area contributed by atoms with Crippen LogP contribution in [-0.2, 0) is 16.1 Å². The van der Waals surface area contributed by atoms with Gasteiger partial charge < -0.3 is 4.74 Å². The summed E-state index contributed by atoms with van der Waals surface area (Å²) in [7, 11) is 0. The summed E-state index contributed by atoms with van der Waals surface area (Å²) >= 11 is 5.85. The third-order valence-corrected chi connectivity index (χ3v) is 2.96. The van der Waals surface area contributed by atoms with E-state index < -0.39 is 5.97 Å². The number of benzene rings is 2. The van der Waals surface area contributed by atoms with Gasteiger partial charge in [-0.2, -0.15) is 5.26 Å². The van der Waals surface area contributed by atoms with Gasteiger partial charge in [-0.05, 0) is 41.5 Å². The minimum Gasteiger partial charge on any atom is -0.458 e. The molecule has 0 bridgehead atoms. The van der Waals surface area contributed by atoms with Crippen LogP contribution in [0, 0.1) is 11.3 Å². The summed E-state index contributed by atoms with van der Waals surface area (Å²) in [5.41, 5.74) is 2.24. The van der Waals surface area contributed by atoms with E-state index >= 15 is 0 Å². The molecule has 0 heterocycles. The van der Waals surface area contributed by atoms with Gasteiger partial charge in [-0.15, -0.1) is 0 Å². The number of carbonyl (C=O) groups is 1. The smallest absolute Gasteiger partial charge is 0.331 e. The topological polar surface area (TPSA) is 50.1 Å². The van der Waals surface area contributed by atoms with Crippen molar-refractivity contribution in [1.82, 2.24) is 0 Å². The Balaban J connectivity index is 1.88. The Morgan fingerprint density at radius 3 is 2.67 bits per heavy atom. The Morgan fingerprint density at radius 2 is 2.00 bits per heavy atom. The highest BCUT2D eigenvalue weighted by Crippen LogP contribution is 2.12. The Kier molecular flexibility index (Phi) is 5.14. The van der Waals surface area contributed by atoms with E-state index in [1.807, 2.05) is 18.2 Å². The van der Waals surface area contributed by atoms with Crippen molar-refractivity contribution in [1.29, 1.82) is 5.26 Å². The van der Waals surface area contributed by atoms with Gasteiger partial charge in [-0.3, -0.25) is 0 Å². The predicted octanol–water partition coefficient (Wildman–Crippen LogP) is 3.97. The monoisotopic (exact) mass is 297 g/mol. The van der Waals surface area contributed by atoms with Crippen LogP contribution >= 0.6 is 11.6 Å². The van der Waals surface area contributed by atoms with Gasteiger partial charge in [0.15, 0.2) is 0 Å². The zero-order valence-corrected chi connectivity index (χ0v) is 11.9. The minimum absolute atomic E-state index is 0.171. The van der Waals surface area contributed by atoms with E-state index in [0.29, 0.717) is 10.6 Å². The lowest BCUT2D eigenvalue weighted by Crippen LogP contribution is -2.00. The van der Waals surface area contributed by atoms with Crippen LogP contribution in [-0.4, -0.2) is 5.97 Å². The first kappa shape index (κ1) is 14.8. The highest BCUT2D eigenvalue weighted by atomic mass is 35.5. The molecule has 0 unspecified atom stereocenters. The van der Waals surface area contributed by atoms with Crippen LogP contribution in [0.4, 0.5) is 0 Å². The molecule has 2 rings (SSSR count). The summed E-state index contributed by atoms with van der Waals surface area (Å²) in [6.45, 7) is 0.171. The molecule has 4 heteroatoms. The number of ether oxygens (including phenoxy) is 1. The molecular weight excluding hydrogens is 286 g/mol. The molecule has 0 amide bonds. The van der Waals surface area contributed by atoms with Crippen LogP contribution in [0.1, 0.15) is 16.7 Å².